The topological polar surface area (TPSA) is 64.6 Å². The zero-order valence-corrected chi connectivity index (χ0v) is 10.9. The van der Waals surface area contributed by atoms with Gasteiger partial charge in [0.05, 0.1) is 17.5 Å². The first kappa shape index (κ1) is 12.3. The molecular formula is C14H19N3O2. The number of hydrogen-bond acceptors (Lipinski definition) is 4. The smallest absolute Gasteiger partial charge is 0.254 e. The van der Waals surface area contributed by atoms with E-state index in [4.69, 9.17) is 0 Å². The Hall–Kier alpha value is -1.75. The molecule has 2 aliphatic heterocycles. The molecule has 19 heavy (non-hydrogen) atoms. The van der Waals surface area contributed by atoms with Gasteiger partial charge in [0.1, 0.15) is 0 Å². The lowest BCUT2D eigenvalue weighted by Crippen LogP contribution is -2.42. The average Bonchev–Trinajstić information content (AvgIpc) is 2.46. The van der Waals surface area contributed by atoms with Crippen molar-refractivity contribution in [1.82, 2.24) is 4.90 Å². The second-order valence-electron chi connectivity index (χ2n) is 5.16. The number of β-amino-alcohol motifs (C(OH)–C–C–N with tert-alkyl or cyclic N) is 1. The molecule has 5 heteroatoms. The lowest BCUT2D eigenvalue weighted by atomic mass is 10.1. The zero-order chi connectivity index (χ0) is 13.2. The van der Waals surface area contributed by atoms with E-state index in [1.54, 1.807) is 4.90 Å². The number of likely N-dealkylation sites (tertiary alicyclic amines) is 1. The Morgan fingerprint density at radius 2 is 2.05 bits per heavy atom. The molecule has 0 bridgehead atoms. The standard InChI is InChI=1S/C14H19N3O2/c18-11-2-1-7-17(9-11)14(19)10-3-4-12-13(8-10)16-6-5-15-12/h3-4,8,11,15-16,18H,1-2,5-7,9H2. The van der Waals surface area contributed by atoms with Crippen LogP contribution in [0.15, 0.2) is 18.2 Å². The number of aliphatic hydroxyl groups excluding tert-OH is 1. The van der Waals surface area contributed by atoms with Crippen LogP contribution < -0.4 is 10.6 Å². The largest absolute Gasteiger partial charge is 0.391 e. The summed E-state index contributed by atoms with van der Waals surface area (Å²) in [6.07, 6.45) is 1.28. The van der Waals surface area contributed by atoms with E-state index in [9.17, 15) is 9.90 Å². The molecule has 1 aromatic carbocycles. The number of rotatable bonds is 1. The molecule has 3 rings (SSSR count). The van der Waals surface area contributed by atoms with Gasteiger partial charge in [-0.3, -0.25) is 4.79 Å². The van der Waals surface area contributed by atoms with Crippen molar-refractivity contribution in [3.63, 3.8) is 0 Å². The number of fused-ring (bicyclic) bond motifs is 1. The molecular weight excluding hydrogens is 242 g/mol. The van der Waals surface area contributed by atoms with Crippen LogP contribution in [0.2, 0.25) is 0 Å². The van der Waals surface area contributed by atoms with Gasteiger partial charge in [-0.25, -0.2) is 0 Å². The molecule has 2 heterocycles. The van der Waals surface area contributed by atoms with E-state index in [2.05, 4.69) is 10.6 Å². The number of amides is 1. The Balaban J connectivity index is 1.79. The molecule has 3 N–H and O–H groups in total. The van der Waals surface area contributed by atoms with Crippen LogP contribution in [0.5, 0.6) is 0 Å². The van der Waals surface area contributed by atoms with Crippen LogP contribution in [0.1, 0.15) is 23.2 Å². The normalized spacial score (nSPS) is 22.2. The van der Waals surface area contributed by atoms with Crippen molar-refractivity contribution in [3.05, 3.63) is 23.8 Å². The van der Waals surface area contributed by atoms with Crippen molar-refractivity contribution in [1.29, 1.82) is 0 Å². The van der Waals surface area contributed by atoms with Gasteiger partial charge in [-0.2, -0.15) is 0 Å². The first-order valence-electron chi connectivity index (χ1n) is 6.83. The summed E-state index contributed by atoms with van der Waals surface area (Å²) in [4.78, 5) is 14.1. The molecule has 0 aromatic heterocycles. The molecule has 1 unspecified atom stereocenters. The number of nitrogens with one attached hydrogen (secondary N) is 2. The highest BCUT2D eigenvalue weighted by molar-refractivity contribution is 5.96. The number of carbonyl (C=O) groups excluding carboxylic acids is 1. The average molecular weight is 261 g/mol. The van der Waals surface area contributed by atoms with Crippen LogP contribution in [-0.2, 0) is 0 Å². The number of aliphatic hydroxyl groups is 1. The number of piperidine rings is 1. The van der Waals surface area contributed by atoms with Crippen LogP contribution >= 0.6 is 0 Å². The third kappa shape index (κ3) is 2.51. The predicted octanol–water partition coefficient (Wildman–Crippen LogP) is 1.12. The van der Waals surface area contributed by atoms with Crippen molar-refractivity contribution < 1.29 is 9.90 Å². The highest BCUT2D eigenvalue weighted by atomic mass is 16.3. The Morgan fingerprint density at radius 1 is 1.26 bits per heavy atom. The summed E-state index contributed by atoms with van der Waals surface area (Å²) in [6, 6.07) is 5.68. The third-order valence-electron chi connectivity index (χ3n) is 3.71. The molecule has 102 valence electrons. The van der Waals surface area contributed by atoms with Gasteiger partial charge in [-0.05, 0) is 31.0 Å². The second-order valence-corrected chi connectivity index (χ2v) is 5.16. The molecule has 0 aliphatic carbocycles. The Labute approximate surface area is 112 Å². The molecule has 2 aliphatic rings. The summed E-state index contributed by atoms with van der Waals surface area (Å²) >= 11 is 0. The van der Waals surface area contributed by atoms with Gasteiger partial charge in [-0.15, -0.1) is 0 Å². The van der Waals surface area contributed by atoms with E-state index < -0.39 is 0 Å². The van der Waals surface area contributed by atoms with E-state index in [1.807, 2.05) is 18.2 Å². The SMILES string of the molecule is O=C(c1ccc2c(c1)NCCN2)N1CCCC(O)C1. The van der Waals surface area contributed by atoms with Gasteiger partial charge in [-0.1, -0.05) is 0 Å². The maximum Gasteiger partial charge on any atom is 0.254 e. The van der Waals surface area contributed by atoms with E-state index in [1.165, 1.54) is 0 Å². The molecule has 0 radical (unpaired) electrons. The molecule has 1 saturated heterocycles. The summed E-state index contributed by atoms with van der Waals surface area (Å²) in [5.74, 6) is 0.00826. The molecule has 1 amide bonds. The van der Waals surface area contributed by atoms with Gasteiger partial charge in [0, 0.05) is 31.7 Å². The highest BCUT2D eigenvalue weighted by Crippen LogP contribution is 2.26. The lowest BCUT2D eigenvalue weighted by molar-refractivity contribution is 0.0474. The first-order chi connectivity index (χ1) is 9.24. The summed E-state index contributed by atoms with van der Waals surface area (Å²) in [7, 11) is 0. The maximum atomic E-state index is 12.4. The minimum atomic E-state index is -0.380. The Morgan fingerprint density at radius 3 is 2.84 bits per heavy atom. The van der Waals surface area contributed by atoms with Gasteiger partial charge in [0.25, 0.3) is 5.91 Å². The van der Waals surface area contributed by atoms with Crippen LogP contribution in [0.25, 0.3) is 0 Å². The second kappa shape index (κ2) is 5.09. The summed E-state index contributed by atoms with van der Waals surface area (Å²) < 4.78 is 0. The van der Waals surface area contributed by atoms with Crippen molar-refractivity contribution >= 4 is 17.3 Å². The zero-order valence-electron chi connectivity index (χ0n) is 10.9. The van der Waals surface area contributed by atoms with E-state index in [0.29, 0.717) is 12.1 Å². The summed E-state index contributed by atoms with van der Waals surface area (Å²) in [6.45, 7) is 2.95. The first-order valence-corrected chi connectivity index (χ1v) is 6.83. The molecule has 0 saturated carbocycles. The quantitative estimate of drug-likeness (QED) is 0.709. The lowest BCUT2D eigenvalue weighted by Gasteiger charge is -2.30. The Kier molecular flexibility index (Phi) is 3.29. The predicted molar refractivity (Wildman–Crippen MR) is 74.6 cm³/mol. The third-order valence-corrected chi connectivity index (χ3v) is 3.71. The fourth-order valence-electron chi connectivity index (χ4n) is 2.69. The fraction of sp³-hybridized carbons (Fsp3) is 0.500. The molecule has 1 aromatic rings. The number of carbonyl (C=O) groups is 1. The number of benzene rings is 1. The minimum Gasteiger partial charge on any atom is -0.391 e. The molecule has 5 nitrogen and oxygen atoms in total. The van der Waals surface area contributed by atoms with Crippen LogP contribution in [-0.4, -0.2) is 48.2 Å². The molecule has 0 spiro atoms. The number of anilines is 2. The minimum absolute atomic E-state index is 0.00826. The molecule has 1 fully saturated rings. The number of nitrogens with zero attached hydrogens (tertiary/aromatic N) is 1. The monoisotopic (exact) mass is 261 g/mol. The van der Waals surface area contributed by atoms with E-state index >= 15 is 0 Å². The number of hydrogen-bond donors (Lipinski definition) is 3. The summed E-state index contributed by atoms with van der Waals surface area (Å²) in [5.41, 5.74) is 2.71. The van der Waals surface area contributed by atoms with Gasteiger partial charge in [0.2, 0.25) is 0 Å². The summed E-state index contributed by atoms with van der Waals surface area (Å²) in [5, 5.41) is 16.2. The fourth-order valence-corrected chi connectivity index (χ4v) is 2.69. The van der Waals surface area contributed by atoms with Crippen molar-refractivity contribution in [2.24, 2.45) is 0 Å². The molecule has 1 atom stereocenters. The Bertz CT molecular complexity index is 490. The van der Waals surface area contributed by atoms with Gasteiger partial charge >= 0.3 is 0 Å². The van der Waals surface area contributed by atoms with Crippen LogP contribution in [0.3, 0.4) is 0 Å². The van der Waals surface area contributed by atoms with Gasteiger partial charge in [0.15, 0.2) is 0 Å². The van der Waals surface area contributed by atoms with Crippen LogP contribution in [0, 0.1) is 0 Å². The van der Waals surface area contributed by atoms with Crippen LogP contribution in [0.4, 0.5) is 11.4 Å². The van der Waals surface area contributed by atoms with Crippen molar-refractivity contribution in [3.8, 4) is 0 Å². The maximum absolute atomic E-state index is 12.4. The van der Waals surface area contributed by atoms with Crippen molar-refractivity contribution in [2.45, 2.75) is 18.9 Å². The van der Waals surface area contributed by atoms with E-state index in [-0.39, 0.29) is 12.0 Å². The van der Waals surface area contributed by atoms with Crippen molar-refractivity contribution in [2.75, 3.05) is 36.8 Å². The van der Waals surface area contributed by atoms with E-state index in [0.717, 1.165) is 43.9 Å². The van der Waals surface area contributed by atoms with Gasteiger partial charge < -0.3 is 20.6 Å². The highest BCUT2D eigenvalue weighted by Gasteiger charge is 2.23.